The molecule has 0 unspecified atom stereocenters. The van der Waals surface area contributed by atoms with E-state index in [0.717, 1.165) is 18.1 Å². The van der Waals surface area contributed by atoms with E-state index < -0.39 is 0 Å². The Morgan fingerprint density at radius 3 is 2.40 bits per heavy atom. The third-order valence-electron chi connectivity index (χ3n) is 1.31. The molecule has 0 saturated heterocycles. The molecule has 0 heterocycles. The summed E-state index contributed by atoms with van der Waals surface area (Å²) in [7, 11) is 0. The third-order valence-corrected chi connectivity index (χ3v) is 2.38. The van der Waals surface area contributed by atoms with Crippen LogP contribution >= 0.6 is 11.8 Å². The van der Waals surface area contributed by atoms with Crippen LogP contribution in [0.3, 0.4) is 0 Å². The van der Waals surface area contributed by atoms with Gasteiger partial charge in [-0.2, -0.15) is 11.8 Å². The normalized spacial score (nSPS) is 14.1. The van der Waals surface area contributed by atoms with Gasteiger partial charge in [0.15, 0.2) is 0 Å². The summed E-state index contributed by atoms with van der Waals surface area (Å²) in [6.45, 7) is 6.61. The lowest BCUT2D eigenvalue weighted by atomic mass is 10.1. The minimum atomic E-state index is 0.407. The van der Waals surface area contributed by atoms with Gasteiger partial charge < -0.3 is 5.73 Å². The molecule has 2 heteroatoms. The summed E-state index contributed by atoms with van der Waals surface area (Å²) in [6.07, 6.45) is 1.16. The Bertz CT molecular complexity index is 73.7. The van der Waals surface area contributed by atoms with E-state index in [1.807, 2.05) is 11.8 Å². The van der Waals surface area contributed by atoms with Crippen molar-refractivity contribution in [1.82, 2.24) is 0 Å². The Morgan fingerprint density at radius 1 is 1.40 bits per heavy atom. The van der Waals surface area contributed by atoms with E-state index in [4.69, 9.17) is 5.73 Å². The molecular weight excluding hydrogens is 142 g/mol. The van der Waals surface area contributed by atoms with Crippen LogP contribution in [-0.4, -0.2) is 17.5 Å². The van der Waals surface area contributed by atoms with E-state index in [-0.39, 0.29) is 0 Å². The molecule has 2 N–H and O–H groups in total. The highest BCUT2D eigenvalue weighted by Gasteiger charge is 2.03. The molecule has 0 amide bonds. The molecule has 62 valence electrons. The van der Waals surface area contributed by atoms with E-state index >= 15 is 0 Å². The first-order chi connectivity index (χ1) is 4.66. The second-order valence-electron chi connectivity index (χ2n) is 3.05. The van der Waals surface area contributed by atoms with Gasteiger partial charge in [0.1, 0.15) is 0 Å². The zero-order chi connectivity index (χ0) is 7.98. The number of thioether (sulfide) groups is 1. The zero-order valence-electron chi connectivity index (χ0n) is 7.26. The largest absolute Gasteiger partial charge is 0.327 e. The van der Waals surface area contributed by atoms with Crippen LogP contribution in [0.1, 0.15) is 27.2 Å². The molecule has 0 bridgehead atoms. The Kier molecular flexibility index (Phi) is 6.24. The van der Waals surface area contributed by atoms with Crippen LogP contribution in [0.15, 0.2) is 0 Å². The molecule has 10 heavy (non-hydrogen) atoms. The van der Waals surface area contributed by atoms with Gasteiger partial charge in [-0.15, -0.1) is 0 Å². The van der Waals surface area contributed by atoms with Crippen LogP contribution in [0, 0.1) is 5.92 Å². The van der Waals surface area contributed by atoms with Crippen molar-refractivity contribution in [3.63, 3.8) is 0 Å². The molecule has 0 saturated carbocycles. The van der Waals surface area contributed by atoms with E-state index in [2.05, 4.69) is 20.8 Å². The van der Waals surface area contributed by atoms with Crippen molar-refractivity contribution in [3.05, 3.63) is 0 Å². The molecule has 0 aromatic rings. The van der Waals surface area contributed by atoms with Crippen LogP contribution in [0.4, 0.5) is 0 Å². The fraction of sp³-hybridized carbons (Fsp3) is 1.00. The zero-order valence-corrected chi connectivity index (χ0v) is 8.08. The summed E-state index contributed by atoms with van der Waals surface area (Å²) in [5.41, 5.74) is 5.84. The number of rotatable bonds is 5. The lowest BCUT2D eigenvalue weighted by Gasteiger charge is -2.12. The van der Waals surface area contributed by atoms with Crippen molar-refractivity contribution in [2.24, 2.45) is 11.7 Å². The smallest absolute Gasteiger partial charge is 0.0132 e. The van der Waals surface area contributed by atoms with Gasteiger partial charge in [-0.1, -0.05) is 20.8 Å². The maximum Gasteiger partial charge on any atom is 0.0132 e. The molecule has 0 aromatic heterocycles. The Hall–Kier alpha value is 0.310. The first-order valence-corrected chi connectivity index (χ1v) is 5.15. The van der Waals surface area contributed by atoms with Gasteiger partial charge >= 0.3 is 0 Å². The predicted octanol–water partition coefficient (Wildman–Crippen LogP) is 2.11. The lowest BCUT2D eigenvalue weighted by Crippen LogP contribution is -2.24. The molecule has 0 fully saturated rings. The average molecular weight is 161 g/mol. The molecule has 0 radical (unpaired) electrons. The van der Waals surface area contributed by atoms with Crippen molar-refractivity contribution in [1.29, 1.82) is 0 Å². The molecule has 0 aromatic carbocycles. The Labute approximate surface area is 68.8 Å². The first-order valence-electron chi connectivity index (χ1n) is 4.00. The second kappa shape index (κ2) is 6.05. The number of hydrogen-bond donors (Lipinski definition) is 1. The lowest BCUT2D eigenvalue weighted by molar-refractivity contribution is 0.524. The molecule has 1 atom stereocenters. The van der Waals surface area contributed by atoms with Gasteiger partial charge in [-0.3, -0.25) is 0 Å². The summed E-state index contributed by atoms with van der Waals surface area (Å²) in [5.74, 6) is 3.05. The van der Waals surface area contributed by atoms with Gasteiger partial charge in [0.05, 0.1) is 0 Å². The van der Waals surface area contributed by atoms with Gasteiger partial charge in [0.2, 0.25) is 0 Å². The van der Waals surface area contributed by atoms with Gasteiger partial charge in [-0.25, -0.2) is 0 Å². The molecule has 1 nitrogen and oxygen atoms in total. The molecule has 0 rings (SSSR count). The maximum atomic E-state index is 5.84. The van der Waals surface area contributed by atoms with Crippen LogP contribution in [0.2, 0.25) is 0 Å². The minimum Gasteiger partial charge on any atom is -0.327 e. The standard InChI is InChI=1S/C8H19NS/c1-4-10-6-8(9)5-7(2)3/h7-8H,4-6,9H2,1-3H3/t8-/m0/s1. The van der Waals surface area contributed by atoms with Crippen molar-refractivity contribution < 1.29 is 0 Å². The van der Waals surface area contributed by atoms with Gasteiger partial charge in [-0.05, 0) is 18.1 Å². The summed E-state index contributed by atoms with van der Waals surface area (Å²) < 4.78 is 0. The topological polar surface area (TPSA) is 26.0 Å². The SMILES string of the molecule is CCSC[C@@H](N)CC(C)C. The number of nitrogens with two attached hydrogens (primary N) is 1. The van der Waals surface area contributed by atoms with Crippen molar-refractivity contribution in [3.8, 4) is 0 Å². The summed E-state index contributed by atoms with van der Waals surface area (Å²) in [4.78, 5) is 0. The van der Waals surface area contributed by atoms with Crippen LogP contribution < -0.4 is 5.73 Å². The molecule has 0 aliphatic rings. The van der Waals surface area contributed by atoms with Crippen LogP contribution in [-0.2, 0) is 0 Å². The molecule has 0 spiro atoms. The Balaban J connectivity index is 3.16. The fourth-order valence-electron chi connectivity index (χ4n) is 0.943. The predicted molar refractivity (Wildman–Crippen MR) is 50.4 cm³/mol. The quantitative estimate of drug-likeness (QED) is 0.668. The van der Waals surface area contributed by atoms with Gasteiger partial charge in [0, 0.05) is 11.8 Å². The van der Waals surface area contributed by atoms with E-state index in [9.17, 15) is 0 Å². The van der Waals surface area contributed by atoms with E-state index in [1.54, 1.807) is 0 Å². The molecular formula is C8H19NS. The fourth-order valence-corrected chi connectivity index (χ4v) is 1.62. The van der Waals surface area contributed by atoms with Gasteiger partial charge in [0.25, 0.3) is 0 Å². The highest BCUT2D eigenvalue weighted by atomic mass is 32.2. The van der Waals surface area contributed by atoms with Crippen molar-refractivity contribution >= 4 is 11.8 Å². The number of hydrogen-bond acceptors (Lipinski definition) is 2. The summed E-state index contributed by atoms with van der Waals surface area (Å²) in [5, 5.41) is 0. The highest BCUT2D eigenvalue weighted by molar-refractivity contribution is 7.99. The molecule has 0 aliphatic carbocycles. The monoisotopic (exact) mass is 161 g/mol. The first kappa shape index (κ1) is 10.3. The highest BCUT2D eigenvalue weighted by Crippen LogP contribution is 2.08. The van der Waals surface area contributed by atoms with E-state index in [1.165, 1.54) is 5.75 Å². The molecule has 0 aliphatic heterocycles. The van der Waals surface area contributed by atoms with Crippen molar-refractivity contribution in [2.75, 3.05) is 11.5 Å². The minimum absolute atomic E-state index is 0.407. The average Bonchev–Trinajstić information content (AvgIpc) is 1.82. The second-order valence-corrected chi connectivity index (χ2v) is 4.37. The van der Waals surface area contributed by atoms with Crippen LogP contribution in [0.5, 0.6) is 0 Å². The van der Waals surface area contributed by atoms with Crippen LogP contribution in [0.25, 0.3) is 0 Å². The summed E-state index contributed by atoms with van der Waals surface area (Å²) in [6, 6.07) is 0.407. The van der Waals surface area contributed by atoms with Crippen molar-refractivity contribution in [2.45, 2.75) is 33.2 Å². The maximum absolute atomic E-state index is 5.84. The van der Waals surface area contributed by atoms with E-state index in [0.29, 0.717) is 6.04 Å². The summed E-state index contributed by atoms with van der Waals surface area (Å²) >= 11 is 1.93. The Morgan fingerprint density at radius 2 is 2.00 bits per heavy atom. The third kappa shape index (κ3) is 6.43.